The quantitative estimate of drug-likeness (QED) is 0.0240. The van der Waals surface area contributed by atoms with Crippen LogP contribution in [0.3, 0.4) is 0 Å². The summed E-state index contributed by atoms with van der Waals surface area (Å²) in [4.78, 5) is 58.7. The Morgan fingerprint density at radius 2 is 1.30 bits per heavy atom. The van der Waals surface area contributed by atoms with Gasteiger partial charge in [0.15, 0.2) is 11.9 Å². The van der Waals surface area contributed by atoms with Crippen LogP contribution in [0.15, 0.2) is 12.2 Å². The van der Waals surface area contributed by atoms with Crippen LogP contribution in [0.25, 0.3) is 0 Å². The summed E-state index contributed by atoms with van der Waals surface area (Å²) in [6.45, 7) is 1.61. The van der Waals surface area contributed by atoms with Gasteiger partial charge in [-0.15, -0.1) is 0 Å². The van der Waals surface area contributed by atoms with E-state index in [4.69, 9.17) is 18.5 Å². The lowest BCUT2D eigenvalue weighted by Crippen LogP contribution is -2.37. The SMILES string of the molecule is CCCCCCCCCCCCCCCC(=O)OC[C@@H](COP(=O)([O-])OCC[N+](C)(C)C)OC(=O)CCCC(=O)/C=C/C=O. The monoisotopic (exact) mass is 647 g/mol. The number of phosphoric ester groups is 1. The molecule has 0 radical (unpaired) electrons. The largest absolute Gasteiger partial charge is 0.756 e. The first-order valence-electron chi connectivity index (χ1n) is 16.3. The number of allylic oxidation sites excluding steroid dienone is 2. The Balaban J connectivity index is 4.49. The van der Waals surface area contributed by atoms with Crippen LogP contribution in [0.5, 0.6) is 0 Å². The summed E-state index contributed by atoms with van der Waals surface area (Å²) >= 11 is 0. The number of quaternary nitrogens is 1. The van der Waals surface area contributed by atoms with Crippen molar-refractivity contribution in [3.05, 3.63) is 12.2 Å². The van der Waals surface area contributed by atoms with E-state index in [-0.39, 0.29) is 44.7 Å². The van der Waals surface area contributed by atoms with Gasteiger partial charge >= 0.3 is 11.9 Å². The van der Waals surface area contributed by atoms with Gasteiger partial charge in [-0.2, -0.15) is 0 Å². The van der Waals surface area contributed by atoms with Gasteiger partial charge in [-0.3, -0.25) is 23.7 Å². The van der Waals surface area contributed by atoms with Crippen LogP contribution >= 0.6 is 7.82 Å². The van der Waals surface area contributed by atoms with Gasteiger partial charge in [-0.25, -0.2) is 0 Å². The van der Waals surface area contributed by atoms with Crippen molar-refractivity contribution in [3.8, 4) is 0 Å². The van der Waals surface area contributed by atoms with Crippen molar-refractivity contribution in [2.75, 3.05) is 47.5 Å². The number of nitrogens with zero attached hydrogens (tertiary/aromatic N) is 1. The highest BCUT2D eigenvalue weighted by atomic mass is 31.2. The van der Waals surface area contributed by atoms with E-state index in [1.54, 1.807) is 0 Å². The Morgan fingerprint density at radius 3 is 1.84 bits per heavy atom. The van der Waals surface area contributed by atoms with Crippen molar-refractivity contribution in [3.63, 3.8) is 0 Å². The molecule has 0 aliphatic heterocycles. The molecule has 2 atom stereocenters. The second-order valence-corrected chi connectivity index (χ2v) is 13.6. The van der Waals surface area contributed by atoms with Crippen LogP contribution < -0.4 is 4.89 Å². The number of likely N-dealkylation sites (N-methyl/N-ethyl adjacent to an activating group) is 1. The second kappa shape index (κ2) is 26.3. The third-order valence-corrected chi connectivity index (χ3v) is 7.77. The molecule has 0 amide bonds. The van der Waals surface area contributed by atoms with Gasteiger partial charge in [-0.05, 0) is 25.0 Å². The first kappa shape index (κ1) is 42.1. The molecule has 0 heterocycles. The van der Waals surface area contributed by atoms with E-state index in [1.807, 2.05) is 21.1 Å². The normalized spacial score (nSPS) is 13.8. The molecule has 0 aliphatic rings. The number of rotatable bonds is 30. The minimum Gasteiger partial charge on any atom is -0.756 e. The molecule has 0 saturated carbocycles. The molecule has 0 aliphatic carbocycles. The average Bonchev–Trinajstić information content (AvgIpc) is 2.95. The summed E-state index contributed by atoms with van der Waals surface area (Å²) in [6, 6.07) is 0. The minimum absolute atomic E-state index is 0.0323. The maximum Gasteiger partial charge on any atom is 0.306 e. The zero-order valence-electron chi connectivity index (χ0n) is 27.6. The van der Waals surface area contributed by atoms with E-state index in [0.717, 1.165) is 31.4 Å². The summed E-state index contributed by atoms with van der Waals surface area (Å²) in [5, 5.41) is 0. The fourth-order valence-electron chi connectivity index (χ4n) is 4.18. The standard InChI is InChI=1S/C32H58NO10P/c1-5-6-7-8-9-10-11-12-13-14-15-16-17-22-31(36)40-27-30(28-42-44(38,39)41-26-24-33(2,3)4)43-32(37)23-18-20-29(35)21-19-25-34/h19,21,25,30H,5-18,20,22-24,26-28H2,1-4H3/b21-19+/t30-/m0/s1. The molecule has 44 heavy (non-hydrogen) atoms. The van der Waals surface area contributed by atoms with Crippen LogP contribution in [0.1, 0.15) is 116 Å². The predicted octanol–water partition coefficient (Wildman–Crippen LogP) is 5.63. The molecule has 1 unspecified atom stereocenters. The van der Waals surface area contributed by atoms with Gasteiger partial charge in [0.2, 0.25) is 0 Å². The van der Waals surface area contributed by atoms with E-state index in [2.05, 4.69) is 6.92 Å². The van der Waals surface area contributed by atoms with Crippen LogP contribution in [0, 0.1) is 0 Å². The number of aldehydes is 1. The van der Waals surface area contributed by atoms with Gasteiger partial charge < -0.3 is 27.9 Å². The number of hydrogen-bond acceptors (Lipinski definition) is 10. The molecule has 0 saturated heterocycles. The molecule has 0 fully saturated rings. The highest BCUT2D eigenvalue weighted by molar-refractivity contribution is 7.45. The average molecular weight is 648 g/mol. The highest BCUT2D eigenvalue weighted by Crippen LogP contribution is 2.38. The topological polar surface area (TPSA) is 145 Å². The highest BCUT2D eigenvalue weighted by Gasteiger charge is 2.21. The van der Waals surface area contributed by atoms with E-state index in [0.29, 0.717) is 23.7 Å². The van der Waals surface area contributed by atoms with Crippen molar-refractivity contribution >= 4 is 31.8 Å². The maximum absolute atomic E-state index is 12.3. The Bertz CT molecular complexity index is 872. The Morgan fingerprint density at radius 1 is 0.750 bits per heavy atom. The first-order valence-corrected chi connectivity index (χ1v) is 17.7. The fraction of sp³-hybridized carbons (Fsp3) is 0.812. The Hall–Kier alpha value is -1.91. The molecule has 0 rings (SSSR count). The van der Waals surface area contributed by atoms with Gasteiger partial charge in [0.25, 0.3) is 7.82 Å². The van der Waals surface area contributed by atoms with E-state index >= 15 is 0 Å². The van der Waals surface area contributed by atoms with Crippen molar-refractivity contribution in [1.82, 2.24) is 0 Å². The fourth-order valence-corrected chi connectivity index (χ4v) is 4.91. The number of esters is 2. The van der Waals surface area contributed by atoms with Crippen molar-refractivity contribution < 1.29 is 51.6 Å². The number of hydrogen-bond donors (Lipinski definition) is 0. The summed E-state index contributed by atoms with van der Waals surface area (Å²) < 4.78 is 33.0. The number of phosphoric acid groups is 1. The summed E-state index contributed by atoms with van der Waals surface area (Å²) in [5.74, 6) is -1.48. The molecular formula is C32H58NO10P. The summed E-state index contributed by atoms with van der Waals surface area (Å²) in [6.07, 6.45) is 17.3. The summed E-state index contributed by atoms with van der Waals surface area (Å²) in [5.41, 5.74) is 0. The van der Waals surface area contributed by atoms with Crippen LogP contribution in [0.2, 0.25) is 0 Å². The van der Waals surface area contributed by atoms with E-state index in [1.165, 1.54) is 57.8 Å². The molecule has 0 aromatic rings. The smallest absolute Gasteiger partial charge is 0.306 e. The molecule has 0 spiro atoms. The zero-order chi connectivity index (χ0) is 33.1. The number of ketones is 1. The van der Waals surface area contributed by atoms with Crippen LogP contribution in [-0.4, -0.2) is 82.1 Å². The Kier molecular flexibility index (Phi) is 25.2. The van der Waals surface area contributed by atoms with E-state index in [9.17, 15) is 28.6 Å². The van der Waals surface area contributed by atoms with E-state index < -0.39 is 32.5 Å². The number of carbonyl (C=O) groups excluding carboxylic acids is 4. The van der Waals surface area contributed by atoms with Gasteiger partial charge in [0, 0.05) is 19.3 Å². The third-order valence-electron chi connectivity index (χ3n) is 6.81. The summed E-state index contributed by atoms with van der Waals surface area (Å²) in [7, 11) is 0.964. The minimum atomic E-state index is -4.68. The van der Waals surface area contributed by atoms with Gasteiger partial charge in [-0.1, -0.05) is 84.0 Å². The van der Waals surface area contributed by atoms with Crippen LogP contribution in [-0.2, 0) is 42.3 Å². The third kappa shape index (κ3) is 28.8. The molecule has 0 aromatic heterocycles. The lowest BCUT2D eigenvalue weighted by molar-refractivity contribution is -0.870. The van der Waals surface area contributed by atoms with Crippen molar-refractivity contribution in [2.45, 2.75) is 122 Å². The molecule has 11 nitrogen and oxygen atoms in total. The number of unbranched alkanes of at least 4 members (excludes halogenated alkanes) is 12. The second-order valence-electron chi connectivity index (χ2n) is 12.2. The van der Waals surface area contributed by atoms with Crippen molar-refractivity contribution in [2.24, 2.45) is 0 Å². The first-order chi connectivity index (χ1) is 20.9. The lowest BCUT2D eigenvalue weighted by Gasteiger charge is -2.28. The predicted molar refractivity (Wildman–Crippen MR) is 168 cm³/mol. The lowest BCUT2D eigenvalue weighted by atomic mass is 10.0. The number of ether oxygens (including phenoxy) is 2. The van der Waals surface area contributed by atoms with Crippen molar-refractivity contribution in [1.29, 1.82) is 0 Å². The molecule has 256 valence electrons. The molecule has 0 aromatic carbocycles. The maximum atomic E-state index is 12.3. The number of carbonyl (C=O) groups is 4. The Labute approximate surface area is 265 Å². The molecule has 0 bridgehead atoms. The zero-order valence-corrected chi connectivity index (χ0v) is 28.5. The molecular weight excluding hydrogens is 589 g/mol. The van der Waals surface area contributed by atoms with Crippen LogP contribution in [0.4, 0.5) is 0 Å². The molecule has 12 heteroatoms. The molecule has 0 N–H and O–H groups in total. The van der Waals surface area contributed by atoms with Gasteiger partial charge in [0.05, 0.1) is 27.7 Å². The van der Waals surface area contributed by atoms with Gasteiger partial charge in [0.1, 0.15) is 26.0 Å².